The van der Waals surface area contributed by atoms with Crippen molar-refractivity contribution in [2.24, 2.45) is 11.1 Å². The van der Waals surface area contributed by atoms with Gasteiger partial charge in [0.05, 0.1) is 6.10 Å². The Morgan fingerprint density at radius 1 is 1.39 bits per heavy atom. The molecule has 4 heteroatoms. The van der Waals surface area contributed by atoms with Gasteiger partial charge in [-0.1, -0.05) is 20.8 Å². The number of aromatic nitrogens is 1. The minimum atomic E-state index is -0.0866. The standard InChI is InChI=1S/C14H25N3O/c1-5-18-13(14(2,3)4)12(16)8-10-9-17-7-6-11(10)15/h6-7,9,12-13H,5,8,16H2,1-4H3,(H2,15,17). The van der Waals surface area contributed by atoms with Crippen molar-refractivity contribution in [1.82, 2.24) is 4.98 Å². The molecule has 0 radical (unpaired) electrons. The lowest BCUT2D eigenvalue weighted by atomic mass is 9.82. The van der Waals surface area contributed by atoms with Gasteiger partial charge >= 0.3 is 0 Å². The minimum absolute atomic E-state index is 0.00195. The number of rotatable bonds is 5. The molecule has 102 valence electrons. The van der Waals surface area contributed by atoms with Gasteiger partial charge in [-0.25, -0.2) is 0 Å². The first-order chi connectivity index (χ1) is 8.36. The summed E-state index contributed by atoms with van der Waals surface area (Å²) in [4.78, 5) is 4.09. The van der Waals surface area contributed by atoms with E-state index >= 15 is 0 Å². The molecule has 0 bridgehead atoms. The van der Waals surface area contributed by atoms with Crippen LogP contribution in [0.5, 0.6) is 0 Å². The lowest BCUT2D eigenvalue weighted by Gasteiger charge is -2.35. The maximum absolute atomic E-state index is 6.28. The normalized spacial score (nSPS) is 15.4. The van der Waals surface area contributed by atoms with Gasteiger partial charge in [0.25, 0.3) is 0 Å². The van der Waals surface area contributed by atoms with Gasteiger partial charge in [0.1, 0.15) is 0 Å². The second-order valence-electron chi connectivity index (χ2n) is 5.68. The Balaban J connectivity index is 2.79. The predicted molar refractivity (Wildman–Crippen MR) is 75.2 cm³/mol. The summed E-state index contributed by atoms with van der Waals surface area (Å²) < 4.78 is 5.79. The average molecular weight is 251 g/mol. The van der Waals surface area contributed by atoms with Crippen LogP contribution in [-0.4, -0.2) is 23.7 Å². The Kier molecular flexibility index (Phi) is 5.11. The van der Waals surface area contributed by atoms with Gasteiger partial charge in [0.2, 0.25) is 0 Å². The molecule has 1 aromatic rings. The van der Waals surface area contributed by atoms with Gasteiger partial charge in [-0.3, -0.25) is 4.98 Å². The Morgan fingerprint density at radius 2 is 2.06 bits per heavy atom. The van der Waals surface area contributed by atoms with Crippen LogP contribution in [0.1, 0.15) is 33.3 Å². The smallest absolute Gasteiger partial charge is 0.0777 e. The average Bonchev–Trinajstić information content (AvgIpc) is 2.27. The van der Waals surface area contributed by atoms with E-state index in [1.807, 2.05) is 6.92 Å². The van der Waals surface area contributed by atoms with Crippen LogP contribution < -0.4 is 11.5 Å². The highest BCUT2D eigenvalue weighted by atomic mass is 16.5. The van der Waals surface area contributed by atoms with Crippen LogP contribution >= 0.6 is 0 Å². The first-order valence-electron chi connectivity index (χ1n) is 6.41. The van der Waals surface area contributed by atoms with Crippen molar-refractivity contribution < 1.29 is 4.74 Å². The highest BCUT2D eigenvalue weighted by Gasteiger charge is 2.31. The summed E-state index contributed by atoms with van der Waals surface area (Å²) in [5, 5.41) is 0. The highest BCUT2D eigenvalue weighted by molar-refractivity contribution is 5.44. The summed E-state index contributed by atoms with van der Waals surface area (Å²) in [7, 11) is 0. The molecule has 4 nitrogen and oxygen atoms in total. The molecule has 0 saturated carbocycles. The van der Waals surface area contributed by atoms with Crippen molar-refractivity contribution in [1.29, 1.82) is 0 Å². The largest absolute Gasteiger partial charge is 0.398 e. The van der Waals surface area contributed by atoms with Crippen molar-refractivity contribution >= 4 is 5.69 Å². The van der Waals surface area contributed by atoms with Gasteiger partial charge < -0.3 is 16.2 Å². The zero-order valence-electron chi connectivity index (χ0n) is 11.8. The van der Waals surface area contributed by atoms with Crippen LogP contribution in [0.4, 0.5) is 5.69 Å². The number of nitrogens with zero attached hydrogens (tertiary/aromatic N) is 1. The van der Waals surface area contributed by atoms with E-state index in [9.17, 15) is 0 Å². The SMILES string of the molecule is CCOC(C(N)Cc1cnccc1N)C(C)(C)C. The fourth-order valence-electron chi connectivity index (χ4n) is 2.16. The van der Waals surface area contributed by atoms with Crippen LogP contribution in [0, 0.1) is 5.41 Å². The van der Waals surface area contributed by atoms with Crippen molar-refractivity contribution in [2.45, 2.75) is 46.3 Å². The fourth-order valence-corrected chi connectivity index (χ4v) is 2.16. The van der Waals surface area contributed by atoms with Crippen molar-refractivity contribution in [3.63, 3.8) is 0 Å². The Hall–Kier alpha value is -1.13. The Labute approximate surface area is 110 Å². The van der Waals surface area contributed by atoms with Crippen LogP contribution in [-0.2, 0) is 11.2 Å². The molecule has 1 rings (SSSR count). The van der Waals surface area contributed by atoms with E-state index in [2.05, 4.69) is 25.8 Å². The van der Waals surface area contributed by atoms with E-state index < -0.39 is 0 Å². The topological polar surface area (TPSA) is 74.2 Å². The van der Waals surface area contributed by atoms with Gasteiger partial charge in [-0.2, -0.15) is 0 Å². The van der Waals surface area contributed by atoms with E-state index in [1.165, 1.54) is 0 Å². The van der Waals surface area contributed by atoms with E-state index in [4.69, 9.17) is 16.2 Å². The maximum atomic E-state index is 6.28. The van der Waals surface area contributed by atoms with Crippen LogP contribution in [0.15, 0.2) is 18.5 Å². The van der Waals surface area contributed by atoms with Gasteiger partial charge in [0, 0.05) is 30.7 Å². The third-order valence-corrected chi connectivity index (χ3v) is 2.99. The monoisotopic (exact) mass is 251 g/mol. The molecule has 0 aliphatic rings. The molecule has 0 saturated heterocycles. The molecule has 18 heavy (non-hydrogen) atoms. The summed E-state index contributed by atoms with van der Waals surface area (Å²) in [5.74, 6) is 0. The maximum Gasteiger partial charge on any atom is 0.0777 e. The van der Waals surface area contributed by atoms with Crippen molar-refractivity contribution in [3.8, 4) is 0 Å². The number of nitrogen functional groups attached to an aromatic ring is 1. The van der Waals surface area contributed by atoms with E-state index in [0.717, 1.165) is 11.3 Å². The molecular formula is C14H25N3O. The first kappa shape index (κ1) is 14.9. The Morgan fingerprint density at radius 3 is 2.56 bits per heavy atom. The zero-order chi connectivity index (χ0) is 13.8. The summed E-state index contributed by atoms with van der Waals surface area (Å²) in [6.07, 6.45) is 4.15. The molecule has 0 amide bonds. The number of ether oxygens (including phenoxy) is 1. The number of pyridine rings is 1. The molecule has 0 aliphatic heterocycles. The second kappa shape index (κ2) is 6.16. The molecule has 1 aromatic heterocycles. The van der Waals surface area contributed by atoms with Gasteiger partial charge in [-0.15, -0.1) is 0 Å². The number of nitrogens with two attached hydrogens (primary N) is 2. The number of anilines is 1. The molecule has 0 spiro atoms. The number of hydrogen-bond donors (Lipinski definition) is 2. The quantitative estimate of drug-likeness (QED) is 0.839. The van der Waals surface area contributed by atoms with E-state index in [1.54, 1.807) is 18.5 Å². The van der Waals surface area contributed by atoms with Crippen LogP contribution in [0.2, 0.25) is 0 Å². The Bertz CT molecular complexity index is 374. The summed E-state index contributed by atoms with van der Waals surface area (Å²) in [5.41, 5.74) is 13.9. The minimum Gasteiger partial charge on any atom is -0.398 e. The molecule has 2 unspecified atom stereocenters. The van der Waals surface area contributed by atoms with Crippen molar-refractivity contribution in [2.75, 3.05) is 12.3 Å². The molecular weight excluding hydrogens is 226 g/mol. The highest BCUT2D eigenvalue weighted by Crippen LogP contribution is 2.26. The molecule has 0 aliphatic carbocycles. The molecule has 0 fully saturated rings. The molecule has 0 aromatic carbocycles. The summed E-state index contributed by atoms with van der Waals surface area (Å²) >= 11 is 0. The van der Waals surface area contributed by atoms with Gasteiger partial charge in [0.15, 0.2) is 0 Å². The summed E-state index contributed by atoms with van der Waals surface area (Å²) in [6, 6.07) is 1.71. The molecule has 2 atom stereocenters. The first-order valence-corrected chi connectivity index (χ1v) is 6.41. The zero-order valence-corrected chi connectivity index (χ0v) is 11.8. The lowest BCUT2D eigenvalue weighted by Crippen LogP contribution is -2.46. The second-order valence-corrected chi connectivity index (χ2v) is 5.68. The van der Waals surface area contributed by atoms with Gasteiger partial charge in [-0.05, 0) is 30.4 Å². The number of hydrogen-bond acceptors (Lipinski definition) is 4. The van der Waals surface area contributed by atoms with Crippen LogP contribution in [0.3, 0.4) is 0 Å². The third kappa shape index (κ3) is 3.96. The van der Waals surface area contributed by atoms with Crippen molar-refractivity contribution in [3.05, 3.63) is 24.0 Å². The van der Waals surface area contributed by atoms with E-state index in [0.29, 0.717) is 13.0 Å². The van der Waals surface area contributed by atoms with Crippen LogP contribution in [0.25, 0.3) is 0 Å². The predicted octanol–water partition coefficient (Wildman–Crippen LogP) is 1.98. The molecule has 1 heterocycles. The van der Waals surface area contributed by atoms with E-state index in [-0.39, 0.29) is 17.6 Å². The lowest BCUT2D eigenvalue weighted by molar-refractivity contribution is -0.0274. The summed E-state index contributed by atoms with van der Waals surface area (Å²) in [6.45, 7) is 9.07. The fraction of sp³-hybridized carbons (Fsp3) is 0.643. The third-order valence-electron chi connectivity index (χ3n) is 2.99. The molecule has 4 N–H and O–H groups in total.